The summed E-state index contributed by atoms with van der Waals surface area (Å²) in [5.41, 5.74) is 11.3. The molecule has 252 valence electrons. The topological polar surface area (TPSA) is 51.8 Å². The Morgan fingerprint density at radius 3 is 1.74 bits per heavy atom. The number of nitrogens with zero attached hydrogens (tertiary/aromatic N) is 3. The second-order valence-corrected chi connectivity index (χ2v) is 13.9. The van der Waals surface area contributed by atoms with Crippen LogP contribution in [0.15, 0.2) is 192 Å². The van der Waals surface area contributed by atoms with Gasteiger partial charge in [0.2, 0.25) is 0 Å². The molecule has 11 rings (SSSR count). The molecule has 0 amide bonds. The molecule has 4 nitrogen and oxygen atoms in total. The van der Waals surface area contributed by atoms with E-state index in [0.29, 0.717) is 17.5 Å². The standard InChI is InChI=1S/C50H31N3O/c1-3-15-33(16-4-1)47-51-48(35-27-26-32-14-7-8-17-34(32)30-35)53-49(52-47)41-22-13-25-44-46(41)40-29-28-37(31-45(40)54-44)50(36-18-5-2-6-19-36)42-23-11-9-20-38(42)39-21-10-12-24-43(39)50/h1-31H. The first-order chi connectivity index (χ1) is 26.8. The van der Waals surface area contributed by atoms with Crippen molar-refractivity contribution in [1.29, 1.82) is 0 Å². The van der Waals surface area contributed by atoms with Gasteiger partial charge in [-0.1, -0.05) is 170 Å². The number of furan rings is 1. The Balaban J connectivity index is 1.13. The Morgan fingerprint density at radius 2 is 0.981 bits per heavy atom. The fraction of sp³-hybridized carbons (Fsp3) is 0.0200. The Morgan fingerprint density at radius 1 is 0.370 bits per heavy atom. The normalized spacial score (nSPS) is 13.0. The number of benzene rings is 8. The van der Waals surface area contributed by atoms with E-state index in [1.54, 1.807) is 0 Å². The van der Waals surface area contributed by atoms with Gasteiger partial charge in [0.05, 0.1) is 5.41 Å². The van der Waals surface area contributed by atoms with Crippen molar-refractivity contribution in [3.8, 4) is 45.3 Å². The number of hydrogen-bond donors (Lipinski definition) is 0. The Kier molecular flexibility index (Phi) is 6.73. The monoisotopic (exact) mass is 689 g/mol. The molecule has 54 heavy (non-hydrogen) atoms. The van der Waals surface area contributed by atoms with Crippen LogP contribution in [0, 0.1) is 0 Å². The molecule has 0 aliphatic heterocycles. The molecule has 0 bridgehead atoms. The molecule has 2 aromatic heterocycles. The SMILES string of the molecule is c1ccc(-c2nc(-c3ccc4ccccc4c3)nc(-c3cccc4oc5cc(C6(c7ccccc7)c7ccccc7-c7ccccc76)ccc5c34)n2)cc1. The zero-order chi connectivity index (χ0) is 35.6. The maximum Gasteiger partial charge on any atom is 0.164 e. The molecule has 0 atom stereocenters. The summed E-state index contributed by atoms with van der Waals surface area (Å²) in [4.78, 5) is 15.3. The van der Waals surface area contributed by atoms with Gasteiger partial charge in [0.25, 0.3) is 0 Å². The average Bonchev–Trinajstić information content (AvgIpc) is 3.78. The quantitative estimate of drug-likeness (QED) is 0.180. The van der Waals surface area contributed by atoms with Crippen molar-refractivity contribution in [2.45, 2.75) is 5.41 Å². The van der Waals surface area contributed by atoms with E-state index in [1.165, 1.54) is 33.2 Å². The molecular formula is C50H31N3O. The summed E-state index contributed by atoms with van der Waals surface area (Å²) in [6.07, 6.45) is 0. The Bertz CT molecular complexity index is 3010. The molecule has 1 aliphatic rings. The fourth-order valence-electron chi connectivity index (χ4n) is 8.63. The highest BCUT2D eigenvalue weighted by Crippen LogP contribution is 2.56. The van der Waals surface area contributed by atoms with Crippen molar-refractivity contribution in [2.24, 2.45) is 0 Å². The molecule has 0 fully saturated rings. The first-order valence-corrected chi connectivity index (χ1v) is 18.3. The molecular weight excluding hydrogens is 659 g/mol. The van der Waals surface area contributed by atoms with Gasteiger partial charge in [-0.2, -0.15) is 0 Å². The van der Waals surface area contributed by atoms with E-state index in [9.17, 15) is 0 Å². The van der Waals surface area contributed by atoms with E-state index < -0.39 is 5.41 Å². The average molecular weight is 690 g/mol. The Labute approximate surface area is 312 Å². The highest BCUT2D eigenvalue weighted by molar-refractivity contribution is 6.12. The van der Waals surface area contributed by atoms with E-state index in [-0.39, 0.29) is 0 Å². The smallest absolute Gasteiger partial charge is 0.164 e. The molecule has 0 saturated carbocycles. The van der Waals surface area contributed by atoms with E-state index in [4.69, 9.17) is 19.4 Å². The largest absolute Gasteiger partial charge is 0.456 e. The Hall–Kier alpha value is -7.17. The third kappa shape index (κ3) is 4.53. The van der Waals surface area contributed by atoms with Crippen molar-refractivity contribution in [3.63, 3.8) is 0 Å². The van der Waals surface area contributed by atoms with Crippen molar-refractivity contribution >= 4 is 32.7 Å². The van der Waals surface area contributed by atoms with Gasteiger partial charge in [-0.05, 0) is 62.4 Å². The number of hydrogen-bond acceptors (Lipinski definition) is 4. The number of rotatable bonds is 5. The van der Waals surface area contributed by atoms with Crippen LogP contribution in [0.3, 0.4) is 0 Å². The van der Waals surface area contributed by atoms with Gasteiger partial charge in [-0.3, -0.25) is 0 Å². The summed E-state index contributed by atoms with van der Waals surface area (Å²) < 4.78 is 6.78. The number of aromatic nitrogens is 3. The first kappa shape index (κ1) is 30.5. The van der Waals surface area contributed by atoms with E-state index in [2.05, 4.69) is 146 Å². The predicted molar refractivity (Wildman–Crippen MR) is 218 cm³/mol. The van der Waals surface area contributed by atoms with Crippen molar-refractivity contribution in [2.75, 3.05) is 0 Å². The highest BCUT2D eigenvalue weighted by atomic mass is 16.3. The summed E-state index contributed by atoms with van der Waals surface area (Å²) in [5, 5.41) is 4.31. The van der Waals surface area contributed by atoms with Crippen LogP contribution in [-0.2, 0) is 5.41 Å². The van der Waals surface area contributed by atoms with Crippen molar-refractivity contribution < 1.29 is 4.42 Å². The summed E-state index contributed by atoms with van der Waals surface area (Å²) in [7, 11) is 0. The van der Waals surface area contributed by atoms with Gasteiger partial charge >= 0.3 is 0 Å². The van der Waals surface area contributed by atoms with E-state index in [0.717, 1.165) is 49.6 Å². The molecule has 0 saturated heterocycles. The lowest BCUT2D eigenvalue weighted by molar-refractivity contribution is 0.665. The summed E-state index contributed by atoms with van der Waals surface area (Å²) in [5.74, 6) is 1.85. The van der Waals surface area contributed by atoms with Crippen LogP contribution in [0.1, 0.15) is 22.3 Å². The van der Waals surface area contributed by atoms with Crippen molar-refractivity contribution in [1.82, 2.24) is 15.0 Å². The highest BCUT2D eigenvalue weighted by Gasteiger charge is 2.46. The maximum absolute atomic E-state index is 6.78. The third-order valence-electron chi connectivity index (χ3n) is 11.0. The molecule has 0 radical (unpaired) electrons. The van der Waals surface area contributed by atoms with Crippen LogP contribution >= 0.6 is 0 Å². The summed E-state index contributed by atoms with van der Waals surface area (Å²) in [6, 6.07) is 66.2. The third-order valence-corrected chi connectivity index (χ3v) is 11.0. The minimum Gasteiger partial charge on any atom is -0.456 e. The lowest BCUT2D eigenvalue weighted by Gasteiger charge is -2.33. The molecule has 0 spiro atoms. The van der Waals surface area contributed by atoms with E-state index >= 15 is 0 Å². The molecule has 0 unspecified atom stereocenters. The first-order valence-electron chi connectivity index (χ1n) is 18.3. The fourth-order valence-corrected chi connectivity index (χ4v) is 8.63. The van der Waals surface area contributed by atoms with Gasteiger partial charge in [0.1, 0.15) is 11.2 Å². The molecule has 1 aliphatic carbocycles. The minimum absolute atomic E-state index is 0.516. The molecule has 0 N–H and O–H groups in total. The molecule has 10 aromatic rings. The van der Waals surface area contributed by atoms with E-state index in [1.807, 2.05) is 42.5 Å². The molecule has 8 aromatic carbocycles. The van der Waals surface area contributed by atoms with Crippen LogP contribution in [-0.4, -0.2) is 15.0 Å². The summed E-state index contributed by atoms with van der Waals surface area (Å²) >= 11 is 0. The van der Waals surface area contributed by atoms with Gasteiger partial charge in [-0.15, -0.1) is 0 Å². The minimum atomic E-state index is -0.516. The maximum atomic E-state index is 6.78. The lowest BCUT2D eigenvalue weighted by Crippen LogP contribution is -2.28. The van der Waals surface area contributed by atoms with Gasteiger partial charge in [-0.25, -0.2) is 15.0 Å². The second kappa shape index (κ2) is 11.9. The number of fused-ring (bicyclic) bond motifs is 7. The van der Waals surface area contributed by atoms with Crippen molar-refractivity contribution in [3.05, 3.63) is 210 Å². The summed E-state index contributed by atoms with van der Waals surface area (Å²) in [6.45, 7) is 0. The molecule has 4 heteroatoms. The van der Waals surface area contributed by atoms with Crippen LogP contribution in [0.4, 0.5) is 0 Å². The molecule has 2 heterocycles. The zero-order valence-corrected chi connectivity index (χ0v) is 29.1. The van der Waals surface area contributed by atoms with Crippen LogP contribution < -0.4 is 0 Å². The van der Waals surface area contributed by atoms with Gasteiger partial charge in [0.15, 0.2) is 17.5 Å². The van der Waals surface area contributed by atoms with Crippen LogP contribution in [0.2, 0.25) is 0 Å². The lowest BCUT2D eigenvalue weighted by atomic mass is 9.67. The van der Waals surface area contributed by atoms with Gasteiger partial charge < -0.3 is 4.42 Å². The van der Waals surface area contributed by atoms with Gasteiger partial charge in [0, 0.05) is 27.5 Å². The second-order valence-electron chi connectivity index (χ2n) is 13.9. The predicted octanol–water partition coefficient (Wildman–Crippen LogP) is 12.3. The van der Waals surface area contributed by atoms with Crippen LogP contribution in [0.5, 0.6) is 0 Å². The van der Waals surface area contributed by atoms with Crippen LogP contribution in [0.25, 0.3) is 78.0 Å². The zero-order valence-electron chi connectivity index (χ0n) is 29.1.